The monoisotopic (exact) mass is 1750 g/mol. The van der Waals surface area contributed by atoms with E-state index in [-0.39, 0.29) is 75.7 Å². The van der Waals surface area contributed by atoms with E-state index in [2.05, 4.69) is 265 Å². The third-order valence-corrected chi connectivity index (χ3v) is 38.1. The molecule has 3 aliphatic heterocycles. The summed E-state index contributed by atoms with van der Waals surface area (Å²) in [6, 6.07) is 6.82. The maximum Gasteiger partial charge on any atom is 0.552 e. The number of aromatic nitrogens is 6. The number of aromatic amines is 1. The van der Waals surface area contributed by atoms with Crippen molar-refractivity contribution in [1.82, 2.24) is 39.0 Å². The topological polar surface area (TPSA) is 250 Å². The van der Waals surface area contributed by atoms with Crippen LogP contribution in [0.25, 0.3) is 44.2 Å². The molecule has 6 aromatic rings. The Labute approximate surface area is 691 Å². The SMILES string of the molecule is BrB(Br)Br.C/C=C(\c1c(C)cnc2c1ccn2[Si](C(C)C)(C(C)C)C(C)C)C1CC(NC(=O)OC(C)(C)C)C1.CC1(C)OB(CB2OC(C)(C)C(C)(C)O2)OC1(C)C.Cc1cnc2c(ccn2[Si](C(C)C)(C(C)C)C(C)C)c1C(=O)C1CC(NC(=O)OC(C)(C)C)C1.NC1CC(C2=CB(O)Oc3cnc4[nH]ccc4c32)C1. The van der Waals surface area contributed by atoms with Crippen molar-refractivity contribution in [3.63, 3.8) is 0 Å². The highest BCUT2D eigenvalue weighted by atomic mass is 79.9. The first-order valence-corrected chi connectivity index (χ1v) is 47.4. The fourth-order valence-electron chi connectivity index (χ4n) is 18.4. The largest absolute Gasteiger partial charge is 0.552 e. The van der Waals surface area contributed by atoms with Gasteiger partial charge in [-0.1, -0.05) is 89.2 Å². The zero-order valence-electron chi connectivity index (χ0n) is 72.0. The summed E-state index contributed by atoms with van der Waals surface area (Å²) < 4.78 is 45.5. The van der Waals surface area contributed by atoms with E-state index in [1.807, 2.05) is 66.9 Å². The molecule has 9 heterocycles. The van der Waals surface area contributed by atoms with Crippen molar-refractivity contribution in [2.24, 2.45) is 23.5 Å². The van der Waals surface area contributed by atoms with Gasteiger partial charge in [-0.25, -0.2) is 24.5 Å². The number of nitrogens with two attached hydrogens (primary N) is 1. The highest BCUT2D eigenvalue weighted by Gasteiger charge is 2.57. The van der Waals surface area contributed by atoms with Crippen molar-refractivity contribution in [3.8, 4) is 5.75 Å². The van der Waals surface area contributed by atoms with Crippen molar-refractivity contribution in [2.75, 3.05) is 0 Å². The second-order valence-corrected chi connectivity index (χ2v) is 55.3. The summed E-state index contributed by atoms with van der Waals surface area (Å²) in [5.74, 6) is 3.36. The molecule has 0 unspecified atom stereocenters. The van der Waals surface area contributed by atoms with E-state index in [1.165, 1.54) is 22.1 Å². The summed E-state index contributed by atoms with van der Waals surface area (Å²) >= 11 is 9.31. The highest BCUT2D eigenvalue weighted by molar-refractivity contribution is 9.69. The molecule has 20 nitrogen and oxygen atoms in total. The van der Waals surface area contributed by atoms with Crippen molar-refractivity contribution < 1.29 is 52.2 Å². The zero-order valence-corrected chi connectivity index (χ0v) is 78.8. The van der Waals surface area contributed by atoms with E-state index in [9.17, 15) is 19.4 Å². The van der Waals surface area contributed by atoms with E-state index >= 15 is 0 Å². The van der Waals surface area contributed by atoms with Gasteiger partial charge in [-0.05, 0) is 266 Å². The summed E-state index contributed by atoms with van der Waals surface area (Å²) in [5, 5.41) is 19.0. The van der Waals surface area contributed by atoms with Crippen LogP contribution in [0, 0.1) is 31.6 Å². The Bertz CT molecular complexity index is 4190. The number of carbonyl (C=O) groups excluding carboxylic acids is 3. The molecule has 0 bridgehead atoms. The Kier molecular flexibility index (Phi) is 29.6. The first-order valence-electron chi connectivity index (χ1n) is 40.3. The lowest BCUT2D eigenvalue weighted by Crippen LogP contribution is -2.51. The van der Waals surface area contributed by atoms with Gasteiger partial charge in [-0.3, -0.25) is 4.79 Å². The molecule has 2 amide bonds. The number of carbonyl (C=O) groups is 3. The molecule has 5 fully saturated rings. The molecule has 0 atom stereocenters. The number of amides is 2. The molecule has 0 spiro atoms. The predicted octanol–water partition coefficient (Wildman–Crippen LogP) is 20.9. The molecule has 12 rings (SSSR count). The molecule has 6 aromatic heterocycles. The van der Waals surface area contributed by atoms with Crippen LogP contribution in [0.1, 0.15) is 258 Å². The van der Waals surface area contributed by atoms with Gasteiger partial charge in [0.05, 0.1) is 28.6 Å². The lowest BCUT2D eigenvalue weighted by Gasteiger charge is -2.44. The molecule has 610 valence electrons. The van der Waals surface area contributed by atoms with Gasteiger partial charge in [0.2, 0.25) is 0 Å². The number of hydrogen-bond acceptors (Lipinski definition) is 15. The van der Waals surface area contributed by atoms with Crippen molar-refractivity contribution in [2.45, 2.75) is 331 Å². The minimum absolute atomic E-state index is 0.0195. The van der Waals surface area contributed by atoms with Crippen LogP contribution in [0.4, 0.5) is 9.59 Å². The van der Waals surface area contributed by atoms with E-state index in [0.29, 0.717) is 69.9 Å². The first-order chi connectivity index (χ1) is 51.2. The zero-order chi connectivity index (χ0) is 83.1. The van der Waals surface area contributed by atoms with Crippen LogP contribution in [-0.2, 0) is 28.1 Å². The summed E-state index contributed by atoms with van der Waals surface area (Å²) in [5.41, 5.74) is 17.9. The van der Waals surface area contributed by atoms with Gasteiger partial charge in [0, 0.05) is 76.1 Å². The molecule has 6 aliphatic rings. The molecule has 6 N–H and O–H groups in total. The van der Waals surface area contributed by atoms with Crippen molar-refractivity contribution in [3.05, 3.63) is 95.2 Å². The van der Waals surface area contributed by atoms with Crippen LogP contribution in [0.5, 0.6) is 5.75 Å². The lowest BCUT2D eigenvalue weighted by atomic mass is 9.64. The second-order valence-electron chi connectivity index (χ2n) is 37.5. The van der Waals surface area contributed by atoms with Gasteiger partial charge in [-0.2, -0.15) is 0 Å². The molecule has 0 aromatic carbocycles. The Morgan fingerprint density at radius 2 is 1.02 bits per heavy atom. The number of fused-ring (bicyclic) bond motifs is 5. The van der Waals surface area contributed by atoms with Gasteiger partial charge in [0.15, 0.2) is 22.3 Å². The first kappa shape index (κ1) is 92.0. The number of alkyl carbamates (subject to hydrolysis) is 2. The highest BCUT2D eigenvalue weighted by Crippen LogP contribution is 2.50. The number of rotatable bonds is 17. The Morgan fingerprint density at radius 3 is 1.40 bits per heavy atom. The summed E-state index contributed by atoms with van der Waals surface area (Å²) in [4.78, 5) is 55.2. The average molecular weight is 1760 g/mol. The van der Waals surface area contributed by atoms with Crippen LogP contribution in [0.15, 0.2) is 67.4 Å². The predicted molar refractivity (Wildman–Crippen MR) is 474 cm³/mol. The maximum absolute atomic E-state index is 13.6. The number of nitrogens with zero attached hydrogens (tertiary/aromatic N) is 5. The number of Topliss-reactive ketones (excluding diaryl/α,β-unsaturated/α-hetero) is 1. The number of allylic oxidation sites excluding steroid dienone is 3. The molecular formula is C82H130B4Br3N9O11Si2. The van der Waals surface area contributed by atoms with Crippen LogP contribution >= 0.6 is 47.3 Å². The number of hydrogen-bond donors (Lipinski definition) is 5. The average Bonchev–Trinajstić information content (AvgIpc) is 1.64. The maximum atomic E-state index is 13.6. The lowest BCUT2D eigenvalue weighted by molar-refractivity contribution is 0.00578. The summed E-state index contributed by atoms with van der Waals surface area (Å²) in [7, 11) is -5.33. The number of pyridine rings is 3. The number of ether oxygens (including phenoxy) is 2. The van der Waals surface area contributed by atoms with Gasteiger partial charge in [-0.15, -0.1) is 47.3 Å². The molecular weight excluding hydrogens is 1630 g/mol. The fraction of sp³-hybridized carbons (Fsp3) is 0.659. The number of nitrogens with one attached hydrogen (secondary N) is 3. The Hall–Kier alpha value is -4.55. The van der Waals surface area contributed by atoms with Gasteiger partial charge in [0.1, 0.15) is 33.9 Å². The van der Waals surface area contributed by atoms with Crippen LogP contribution in [0.3, 0.4) is 0 Å². The second kappa shape index (κ2) is 35.7. The Balaban J connectivity index is 0.000000189. The van der Waals surface area contributed by atoms with Crippen molar-refractivity contribution in [1.29, 1.82) is 0 Å². The summed E-state index contributed by atoms with van der Waals surface area (Å²) in [6.07, 6.45) is 19.2. The standard InChI is InChI=1S/C29H47N3O2Si.C27H43N3O3Si.C13H26B2O4.C13H14BN3O2.BBr3/c1-12-24(22-15-23(16-22)31-28(33)34-29(9,10)11)26-21(8)17-30-27-25(26)13-14-32(27)35(18(2)3,19(4)5)20(6)7;1-16(2)34(17(3)4,18(5)6)30-12-11-22-23(19(7)15-28-25(22)30)24(31)20-13-21(14-20)29-26(32)33-27(8,9)10;1-10(2)11(3,4)17-14(16-10)9-15-18-12(5,6)13(7,8)19-15;15-8-3-7(4-8)10-5-14(18)19-11-6-17-13-9(12(10)11)1-2-16-13;2-1(3)4/h12-14,17-20,22-23H,15-16H2,1-11H3,(H,31,33);11-12,15-18,20-21H,13-14H2,1-10H3,(H,29,32);9H2,1-8H3;1-2,5-8,18H,3-4,15H2,(H,16,17);/b24-12-;;;;. The fourth-order valence-corrected chi connectivity index (χ4v) is 31.5. The van der Waals surface area contributed by atoms with E-state index in [4.69, 9.17) is 48.4 Å². The minimum Gasteiger partial charge on any atom is -0.531 e. The van der Waals surface area contributed by atoms with Crippen LogP contribution in [-0.4, -0.2) is 144 Å². The molecule has 0 radical (unpaired) electrons. The van der Waals surface area contributed by atoms with E-state index in [0.717, 1.165) is 75.7 Å². The molecule has 29 heteroatoms. The number of halogens is 3. The van der Waals surface area contributed by atoms with Gasteiger partial charge >= 0.3 is 36.7 Å². The molecule has 2 saturated heterocycles. The molecule has 3 saturated carbocycles. The van der Waals surface area contributed by atoms with Gasteiger partial charge < -0.3 is 67.6 Å². The number of H-pyrrole nitrogens is 1. The smallest absolute Gasteiger partial charge is 0.531 e. The minimum atomic E-state index is -1.98. The quantitative estimate of drug-likeness (QED) is 0.0421. The van der Waals surface area contributed by atoms with Gasteiger partial charge in [0.25, 0.3) is 0 Å². The molecule has 3 aliphatic carbocycles. The molecule has 111 heavy (non-hydrogen) atoms. The normalized spacial score (nSPS) is 21.9. The third-order valence-electron chi connectivity index (χ3n) is 24.6. The Morgan fingerprint density at radius 1 is 0.631 bits per heavy atom. The van der Waals surface area contributed by atoms with Crippen LogP contribution < -0.4 is 21.0 Å². The third kappa shape index (κ3) is 20.2. The summed E-state index contributed by atoms with van der Waals surface area (Å²) in [6.45, 7) is 62.4. The number of aryl methyl sites for hydroxylation is 2. The van der Waals surface area contributed by atoms with Crippen LogP contribution in [0.2, 0.25) is 39.5 Å². The van der Waals surface area contributed by atoms with E-state index < -0.39 is 40.9 Å². The van der Waals surface area contributed by atoms with Crippen molar-refractivity contribution >= 4 is 150 Å². The number of ketones is 1. The van der Waals surface area contributed by atoms with E-state index in [1.54, 1.807) is 12.2 Å².